The molecule has 2 N–H and O–H groups in total. The molecule has 9 nitrogen and oxygen atoms in total. The zero-order chi connectivity index (χ0) is 31.6. The Morgan fingerprint density at radius 1 is 1.12 bits per heavy atom. The summed E-state index contributed by atoms with van der Waals surface area (Å²) in [5.41, 5.74) is 3.70. The maximum absolute atomic E-state index is 13.4. The van der Waals surface area contributed by atoms with Gasteiger partial charge in [-0.1, -0.05) is 67.2 Å². The number of aliphatic hydroxyl groups is 1. The van der Waals surface area contributed by atoms with Crippen LogP contribution in [0.25, 0.3) is 20.8 Å². The van der Waals surface area contributed by atoms with Gasteiger partial charge in [-0.15, -0.1) is 11.3 Å². The summed E-state index contributed by atoms with van der Waals surface area (Å²) in [5.74, 6) is -0.0356. The molecule has 4 rings (SSSR count). The molecule has 1 aliphatic carbocycles. The minimum absolute atomic E-state index is 0.230. The molecule has 235 valence electrons. The summed E-state index contributed by atoms with van der Waals surface area (Å²) in [6.45, 7) is 19.9. The number of aryl methyl sites for hydroxylation is 1. The van der Waals surface area contributed by atoms with E-state index in [2.05, 4.69) is 70.7 Å². The van der Waals surface area contributed by atoms with E-state index in [1.165, 1.54) is 23.1 Å². The molecular weight excluding hydrogens is 615 g/mol. The van der Waals surface area contributed by atoms with Crippen LogP contribution in [-0.2, 0) is 13.3 Å². The van der Waals surface area contributed by atoms with Crippen molar-refractivity contribution in [2.45, 2.75) is 108 Å². The fraction of sp³-hybridized carbons (Fsp3) is 0.633. The maximum Gasteiger partial charge on any atom is 0.333 e. The quantitative estimate of drug-likeness (QED) is 0.112. The number of thiazole rings is 1. The van der Waals surface area contributed by atoms with Crippen LogP contribution in [0.5, 0.6) is 0 Å². The molecule has 0 amide bonds. The molecule has 3 unspecified atom stereocenters. The third-order valence-electron chi connectivity index (χ3n) is 8.13. The number of fused-ring (bicyclic) bond motifs is 1. The van der Waals surface area contributed by atoms with Crippen LogP contribution in [0.3, 0.4) is 0 Å². The predicted octanol–water partition coefficient (Wildman–Crippen LogP) is 7.02. The summed E-state index contributed by atoms with van der Waals surface area (Å²) in [5, 5.41) is 15.9. The van der Waals surface area contributed by atoms with E-state index in [1.807, 2.05) is 19.2 Å². The molecule has 0 aliphatic heterocycles. The number of Topliss-reactive ketones (excluding diaryl/α,β-unsaturated/α-hetero) is 1. The Morgan fingerprint density at radius 2 is 1.79 bits per heavy atom. The first-order chi connectivity index (χ1) is 20.3. The molecule has 0 spiro atoms. The van der Waals surface area contributed by atoms with Crippen LogP contribution in [0, 0.1) is 12.8 Å². The van der Waals surface area contributed by atoms with Crippen molar-refractivity contribution in [3.05, 3.63) is 24.2 Å². The molecule has 3 aromatic heterocycles. The molecule has 13 heteroatoms. The lowest BCUT2D eigenvalue weighted by atomic mass is 10.1. The van der Waals surface area contributed by atoms with Gasteiger partial charge in [0.15, 0.2) is 10.9 Å². The Hall–Kier alpha value is -1.75. The van der Waals surface area contributed by atoms with Gasteiger partial charge in [-0.2, -0.15) is 0 Å². The minimum atomic E-state index is -2.68. The summed E-state index contributed by atoms with van der Waals surface area (Å²) in [6.07, 6.45) is 4.73. The van der Waals surface area contributed by atoms with Crippen LogP contribution >= 0.6 is 23.1 Å². The predicted molar refractivity (Wildman–Crippen MR) is 180 cm³/mol. The van der Waals surface area contributed by atoms with Crippen LogP contribution in [-0.4, -0.2) is 73.4 Å². The highest BCUT2D eigenvalue weighted by atomic mass is 32.2. The van der Waals surface area contributed by atoms with Crippen LogP contribution in [0.15, 0.2) is 23.6 Å². The Labute approximate surface area is 267 Å². The van der Waals surface area contributed by atoms with Gasteiger partial charge >= 0.3 is 8.56 Å². The molecule has 1 radical (unpaired) electrons. The zero-order valence-electron chi connectivity index (χ0n) is 27.0. The molecule has 43 heavy (non-hydrogen) atoms. The van der Waals surface area contributed by atoms with Crippen molar-refractivity contribution in [3.63, 3.8) is 0 Å². The number of thioether (sulfide) groups is 1. The summed E-state index contributed by atoms with van der Waals surface area (Å²) in [6, 6.07) is 1.33. The van der Waals surface area contributed by atoms with E-state index < -0.39 is 29.7 Å². The van der Waals surface area contributed by atoms with Crippen molar-refractivity contribution in [1.82, 2.24) is 19.9 Å². The van der Waals surface area contributed by atoms with Crippen LogP contribution < -0.4 is 5.32 Å². The van der Waals surface area contributed by atoms with Crippen molar-refractivity contribution < 1.29 is 18.4 Å². The van der Waals surface area contributed by atoms with E-state index in [9.17, 15) is 9.90 Å². The van der Waals surface area contributed by atoms with Gasteiger partial charge in [-0.25, -0.2) is 15.0 Å². The summed E-state index contributed by atoms with van der Waals surface area (Å²) in [7, 11) is -3.80. The molecule has 0 aromatic carbocycles. The Bertz CT molecular complexity index is 1370. The van der Waals surface area contributed by atoms with Crippen molar-refractivity contribution in [2.24, 2.45) is 5.92 Å². The van der Waals surface area contributed by atoms with Gasteiger partial charge in [0, 0.05) is 18.7 Å². The second-order valence-electron chi connectivity index (χ2n) is 12.6. The number of rotatable bonds is 13. The Kier molecular flexibility index (Phi) is 11.2. The summed E-state index contributed by atoms with van der Waals surface area (Å²) in [4.78, 5) is 31.9. The number of hydrogen-bond donors (Lipinski definition) is 2. The fourth-order valence-electron chi connectivity index (χ4n) is 5.92. The molecule has 3 heterocycles. The largest absolute Gasteiger partial charge is 0.435 e. The number of nitrogens with one attached hydrogen (secondary N) is 1. The highest BCUT2D eigenvalue weighted by Crippen LogP contribution is 2.41. The lowest BCUT2D eigenvalue weighted by Gasteiger charge is -2.42. The molecule has 1 fully saturated rings. The topological polar surface area (TPSA) is 119 Å². The van der Waals surface area contributed by atoms with Crippen molar-refractivity contribution in [2.75, 3.05) is 18.2 Å². The van der Waals surface area contributed by atoms with Gasteiger partial charge in [0.2, 0.25) is 9.04 Å². The second kappa shape index (κ2) is 14.1. The average molecular weight is 661 g/mol. The smallest absolute Gasteiger partial charge is 0.333 e. The molecule has 3 aromatic rings. The number of ketones is 1. The first-order valence-electron chi connectivity index (χ1n) is 15.1. The van der Waals surface area contributed by atoms with Crippen LogP contribution in [0.2, 0.25) is 22.2 Å². The van der Waals surface area contributed by atoms with Gasteiger partial charge in [0.25, 0.3) is 0 Å². The SMILES string of the molecule is CSc1nc(C)c(-c2nc3cnccc3s2)c(NC2CC(CO[Si](O[Si](C(C)C)C(C)C)(C(C)C)C(C)C)C(O)C2=O)n1. The van der Waals surface area contributed by atoms with E-state index in [0.29, 0.717) is 28.5 Å². The number of carbonyl (C=O) groups is 1. The third-order valence-corrected chi connectivity index (χ3v) is 18.1. The summed E-state index contributed by atoms with van der Waals surface area (Å²) >= 11 is 2.98. The molecule has 1 saturated carbocycles. The maximum atomic E-state index is 13.4. The first kappa shape index (κ1) is 34.1. The molecule has 0 saturated heterocycles. The average Bonchev–Trinajstić information content (AvgIpc) is 3.48. The first-order valence-corrected chi connectivity index (χ1v) is 20.7. The zero-order valence-corrected chi connectivity index (χ0v) is 30.6. The second-order valence-corrected chi connectivity index (χ2v) is 22.4. The minimum Gasteiger partial charge on any atom is -0.435 e. The van der Waals surface area contributed by atoms with Crippen molar-refractivity contribution >= 4 is 62.5 Å². The number of carbonyl (C=O) groups excluding carboxylic acids is 1. The number of anilines is 1. The number of aromatic nitrogens is 4. The molecule has 0 bridgehead atoms. The summed E-state index contributed by atoms with van der Waals surface area (Å²) < 4.78 is 14.9. The Morgan fingerprint density at radius 3 is 2.37 bits per heavy atom. The monoisotopic (exact) mass is 660 g/mol. The lowest BCUT2D eigenvalue weighted by molar-refractivity contribution is -0.126. The van der Waals surface area contributed by atoms with Gasteiger partial charge in [-0.05, 0) is 47.8 Å². The van der Waals surface area contributed by atoms with E-state index in [1.54, 1.807) is 12.4 Å². The number of pyridine rings is 1. The molecular formula is C30H46N5O4S2Si2. The number of aliphatic hydroxyl groups excluding tert-OH is 1. The highest BCUT2D eigenvalue weighted by Gasteiger charge is 2.50. The highest BCUT2D eigenvalue weighted by molar-refractivity contribution is 7.98. The van der Waals surface area contributed by atoms with Gasteiger partial charge in [-0.3, -0.25) is 9.78 Å². The van der Waals surface area contributed by atoms with Crippen molar-refractivity contribution in [3.8, 4) is 10.6 Å². The van der Waals surface area contributed by atoms with E-state index in [4.69, 9.17) is 18.5 Å². The van der Waals surface area contributed by atoms with Gasteiger partial charge < -0.3 is 19.0 Å². The molecule has 1 aliphatic rings. The van der Waals surface area contributed by atoms with E-state index >= 15 is 0 Å². The van der Waals surface area contributed by atoms with Crippen molar-refractivity contribution in [1.29, 1.82) is 0 Å². The number of hydrogen-bond acceptors (Lipinski definition) is 11. The van der Waals surface area contributed by atoms with E-state index in [0.717, 1.165) is 26.5 Å². The van der Waals surface area contributed by atoms with Crippen LogP contribution in [0.1, 0.15) is 67.5 Å². The molecule has 3 atom stereocenters. The van der Waals surface area contributed by atoms with Gasteiger partial charge in [0.1, 0.15) is 22.4 Å². The normalized spacial score (nSPS) is 19.7. The number of nitrogens with zero attached hydrogens (tertiary/aromatic N) is 4. The van der Waals surface area contributed by atoms with Crippen LogP contribution in [0.4, 0.5) is 5.82 Å². The third kappa shape index (κ3) is 7.23. The standard InChI is InChI=1S/C30H46N5O4S2Si2/c1-16(2)42(17(3)4)39-43(18(5)6,19(7)8)38-15-21-13-22(27(37)26(21)36)33-28-25(20(9)32-30(35-28)40-10)29-34-23-14-31-12-11-24(23)41-29/h11-12,14,16-19,21-22,26,36H,13,15H2,1-10H3,(H,32,33,35). The van der Waals surface area contributed by atoms with Gasteiger partial charge in [0.05, 0.1) is 28.2 Å². The van der Waals surface area contributed by atoms with E-state index in [-0.39, 0.29) is 29.4 Å². The Balaban J connectivity index is 1.59. The lowest BCUT2D eigenvalue weighted by Crippen LogP contribution is -2.54. The fourth-order valence-corrected chi connectivity index (χ4v) is 16.6.